The second kappa shape index (κ2) is 9.21. The van der Waals surface area contributed by atoms with Crippen molar-refractivity contribution < 1.29 is 9.47 Å². The molecule has 1 fully saturated rings. The van der Waals surface area contributed by atoms with Gasteiger partial charge in [-0.05, 0) is 84.8 Å². The Morgan fingerprint density at radius 1 is 0.969 bits per heavy atom. The maximum absolute atomic E-state index is 12.2. The maximum atomic E-state index is 12.2. The molecule has 0 aliphatic carbocycles. The molecule has 5 nitrogen and oxygen atoms in total. The molecule has 3 heterocycles. The van der Waals surface area contributed by atoms with Crippen molar-refractivity contribution >= 4 is 16.5 Å². The highest BCUT2D eigenvalue weighted by Gasteiger charge is 2.16. The lowest BCUT2D eigenvalue weighted by atomic mass is 9.95. The normalized spacial score (nSPS) is 17.0. The van der Waals surface area contributed by atoms with Crippen LogP contribution in [0.15, 0.2) is 53.3 Å². The molecule has 5 rings (SSSR count). The summed E-state index contributed by atoms with van der Waals surface area (Å²) in [4.78, 5) is 17.8. The van der Waals surface area contributed by atoms with Gasteiger partial charge in [-0.1, -0.05) is 31.6 Å². The smallest absolute Gasteiger partial charge is 0.251 e. The van der Waals surface area contributed by atoms with Gasteiger partial charge in [-0.25, -0.2) is 0 Å². The van der Waals surface area contributed by atoms with Crippen molar-refractivity contribution in [3.63, 3.8) is 0 Å². The number of piperidine rings is 1. The van der Waals surface area contributed by atoms with E-state index in [9.17, 15) is 4.79 Å². The van der Waals surface area contributed by atoms with E-state index in [-0.39, 0.29) is 5.56 Å². The van der Waals surface area contributed by atoms with E-state index in [4.69, 9.17) is 9.47 Å². The van der Waals surface area contributed by atoms with Gasteiger partial charge in [0.15, 0.2) is 11.5 Å². The summed E-state index contributed by atoms with van der Waals surface area (Å²) < 4.78 is 11.6. The fourth-order valence-electron chi connectivity index (χ4n) is 4.66. The first-order chi connectivity index (χ1) is 15.7. The Morgan fingerprint density at radius 3 is 2.53 bits per heavy atom. The molecule has 1 saturated heterocycles. The van der Waals surface area contributed by atoms with Gasteiger partial charge in [0.2, 0.25) is 0 Å². The van der Waals surface area contributed by atoms with Gasteiger partial charge in [0.1, 0.15) is 13.2 Å². The minimum absolute atomic E-state index is 0.000417. The average Bonchev–Trinajstić information content (AvgIpc) is 2.84. The Labute approximate surface area is 188 Å². The van der Waals surface area contributed by atoms with E-state index < -0.39 is 0 Å². The van der Waals surface area contributed by atoms with Crippen LogP contribution in [0, 0.1) is 0 Å². The molecule has 0 radical (unpaired) electrons. The van der Waals surface area contributed by atoms with Gasteiger partial charge in [0, 0.05) is 17.6 Å². The summed E-state index contributed by atoms with van der Waals surface area (Å²) in [6, 6.07) is 14.5. The Kier molecular flexibility index (Phi) is 5.99. The summed E-state index contributed by atoms with van der Waals surface area (Å²) in [5, 5.41) is 1.06. The van der Waals surface area contributed by atoms with Crippen molar-refractivity contribution in [2.45, 2.75) is 32.6 Å². The van der Waals surface area contributed by atoms with Crippen molar-refractivity contribution in [1.82, 2.24) is 9.88 Å². The van der Waals surface area contributed by atoms with E-state index in [1.165, 1.54) is 24.8 Å². The highest BCUT2D eigenvalue weighted by Crippen LogP contribution is 2.35. The second-order valence-corrected chi connectivity index (χ2v) is 8.62. The molecule has 1 aromatic heterocycles. The van der Waals surface area contributed by atoms with Crippen molar-refractivity contribution in [1.29, 1.82) is 0 Å². The highest BCUT2D eigenvalue weighted by atomic mass is 16.6. The van der Waals surface area contributed by atoms with Crippen molar-refractivity contribution in [3.8, 4) is 11.5 Å². The summed E-state index contributed by atoms with van der Waals surface area (Å²) in [5.41, 5.74) is 5.12. The molecule has 0 amide bonds. The van der Waals surface area contributed by atoms with Gasteiger partial charge in [0.25, 0.3) is 5.56 Å². The summed E-state index contributed by atoms with van der Waals surface area (Å²) >= 11 is 0. The van der Waals surface area contributed by atoms with Crippen LogP contribution in [0.2, 0.25) is 0 Å². The van der Waals surface area contributed by atoms with Crippen LogP contribution in [0.3, 0.4) is 0 Å². The molecular formula is C27H30N2O3. The zero-order chi connectivity index (χ0) is 21.9. The number of aryl methyl sites for hydroxylation is 1. The minimum atomic E-state index is 0.000417. The molecule has 2 aliphatic rings. The van der Waals surface area contributed by atoms with Gasteiger partial charge in [0.05, 0.1) is 0 Å². The van der Waals surface area contributed by atoms with E-state index in [0.29, 0.717) is 13.2 Å². The highest BCUT2D eigenvalue weighted by molar-refractivity contribution is 5.88. The van der Waals surface area contributed by atoms with E-state index in [1.807, 2.05) is 25.1 Å². The third-order valence-electron chi connectivity index (χ3n) is 6.47. The predicted octanol–water partition coefficient (Wildman–Crippen LogP) is 4.78. The van der Waals surface area contributed by atoms with Crippen LogP contribution in [0.4, 0.5) is 0 Å². The summed E-state index contributed by atoms with van der Waals surface area (Å²) in [6.45, 7) is 6.42. The molecular weight excluding hydrogens is 400 g/mol. The molecule has 0 unspecified atom stereocenters. The Balaban J connectivity index is 1.57. The number of fused-ring (bicyclic) bond motifs is 2. The largest absolute Gasteiger partial charge is 0.486 e. The zero-order valence-electron chi connectivity index (χ0n) is 18.7. The van der Waals surface area contributed by atoms with Gasteiger partial charge >= 0.3 is 0 Å². The number of hydrogen-bond donors (Lipinski definition) is 1. The monoisotopic (exact) mass is 430 g/mol. The Hall–Kier alpha value is -3.05. The number of rotatable bonds is 5. The molecule has 2 aromatic carbocycles. The van der Waals surface area contributed by atoms with Crippen LogP contribution in [0.1, 0.15) is 42.9 Å². The standard InChI is InChI=1S/C27H30N2O3/c1-2-19-16-22-17-20(6-8-24(22)28-27(19)30)23(10-13-29-11-4-3-5-12-29)21-7-9-25-26(18-21)32-15-14-31-25/h6-10,16-18H,2-5,11-15H2,1H3,(H,28,30)/b23-10+. The molecule has 0 atom stereocenters. The van der Waals surface area contributed by atoms with E-state index >= 15 is 0 Å². The second-order valence-electron chi connectivity index (χ2n) is 8.62. The number of H-pyrrole nitrogens is 1. The van der Waals surface area contributed by atoms with E-state index in [0.717, 1.165) is 65.1 Å². The number of hydrogen-bond acceptors (Lipinski definition) is 4. The predicted molar refractivity (Wildman–Crippen MR) is 129 cm³/mol. The first-order valence-electron chi connectivity index (χ1n) is 11.7. The number of aromatic nitrogens is 1. The van der Waals surface area contributed by atoms with Crippen LogP contribution in [0.25, 0.3) is 16.5 Å². The number of benzene rings is 2. The molecule has 1 N–H and O–H groups in total. The number of likely N-dealkylation sites (tertiary alicyclic amines) is 1. The lowest BCUT2D eigenvalue weighted by Crippen LogP contribution is -2.29. The fraction of sp³-hybridized carbons (Fsp3) is 0.370. The van der Waals surface area contributed by atoms with Gasteiger partial charge in [-0.15, -0.1) is 0 Å². The SMILES string of the molecule is CCc1cc2cc(/C(=C\CN3CCCCC3)c3ccc4c(c3)OCCO4)ccc2[nH]c1=O. The van der Waals surface area contributed by atoms with Crippen LogP contribution < -0.4 is 15.0 Å². The molecule has 0 spiro atoms. The molecule has 166 valence electrons. The fourth-order valence-corrected chi connectivity index (χ4v) is 4.66. The number of nitrogens with one attached hydrogen (secondary N) is 1. The Bertz CT molecular complexity index is 1210. The van der Waals surface area contributed by atoms with Gasteiger partial charge in [-0.2, -0.15) is 0 Å². The first kappa shape index (κ1) is 20.8. The molecule has 0 saturated carbocycles. The molecule has 3 aromatic rings. The topological polar surface area (TPSA) is 54.6 Å². The Morgan fingerprint density at radius 2 is 1.72 bits per heavy atom. The number of aromatic amines is 1. The lowest BCUT2D eigenvalue weighted by molar-refractivity contribution is 0.171. The molecule has 2 aliphatic heterocycles. The van der Waals surface area contributed by atoms with Crippen molar-refractivity contribution in [3.05, 3.63) is 75.6 Å². The van der Waals surface area contributed by atoms with Crippen molar-refractivity contribution in [2.75, 3.05) is 32.8 Å². The number of ether oxygens (including phenoxy) is 2. The summed E-state index contributed by atoms with van der Waals surface area (Å²) in [5.74, 6) is 1.61. The number of nitrogens with zero attached hydrogens (tertiary/aromatic N) is 1. The van der Waals surface area contributed by atoms with Crippen LogP contribution in [-0.2, 0) is 6.42 Å². The van der Waals surface area contributed by atoms with E-state index in [2.05, 4.69) is 40.2 Å². The van der Waals surface area contributed by atoms with Gasteiger partial charge in [-0.3, -0.25) is 9.69 Å². The molecule has 5 heteroatoms. The maximum Gasteiger partial charge on any atom is 0.251 e. The summed E-state index contributed by atoms with van der Waals surface area (Å²) in [6.07, 6.45) is 6.93. The third-order valence-corrected chi connectivity index (χ3v) is 6.47. The lowest BCUT2D eigenvalue weighted by Gasteiger charge is -2.25. The first-order valence-corrected chi connectivity index (χ1v) is 11.7. The molecule has 32 heavy (non-hydrogen) atoms. The van der Waals surface area contributed by atoms with Crippen LogP contribution in [0.5, 0.6) is 11.5 Å². The van der Waals surface area contributed by atoms with Crippen LogP contribution in [-0.4, -0.2) is 42.7 Å². The average molecular weight is 431 g/mol. The van der Waals surface area contributed by atoms with Crippen LogP contribution >= 0.6 is 0 Å². The van der Waals surface area contributed by atoms with Gasteiger partial charge < -0.3 is 14.5 Å². The zero-order valence-corrected chi connectivity index (χ0v) is 18.7. The molecule has 0 bridgehead atoms. The number of pyridine rings is 1. The summed E-state index contributed by atoms with van der Waals surface area (Å²) in [7, 11) is 0. The third kappa shape index (κ3) is 4.30. The van der Waals surface area contributed by atoms with Crippen molar-refractivity contribution in [2.24, 2.45) is 0 Å². The quantitative estimate of drug-likeness (QED) is 0.633. The van der Waals surface area contributed by atoms with E-state index in [1.54, 1.807) is 0 Å². The minimum Gasteiger partial charge on any atom is -0.486 e.